The fourth-order valence-electron chi connectivity index (χ4n) is 2.23. The first-order valence-electron chi connectivity index (χ1n) is 6.02. The molecule has 0 saturated carbocycles. The Morgan fingerprint density at radius 3 is 2.35 bits per heavy atom. The molecule has 0 spiro atoms. The normalized spacial score (nSPS) is 26.6. The van der Waals surface area contributed by atoms with Gasteiger partial charge in [-0.1, -0.05) is 13.8 Å². The number of hydrogen-bond donors (Lipinski definition) is 1. The summed E-state index contributed by atoms with van der Waals surface area (Å²) in [5.41, 5.74) is 0. The van der Waals surface area contributed by atoms with Gasteiger partial charge in [0.2, 0.25) is 5.91 Å². The number of aliphatic carboxylic acids is 1. The van der Waals surface area contributed by atoms with E-state index in [0.29, 0.717) is 11.8 Å². The van der Waals surface area contributed by atoms with Gasteiger partial charge in [-0.2, -0.15) is 0 Å². The van der Waals surface area contributed by atoms with Crippen LogP contribution in [-0.2, 0) is 14.3 Å². The van der Waals surface area contributed by atoms with E-state index in [9.17, 15) is 9.59 Å². The smallest absolute Gasteiger partial charge is 0.332 e. The Kier molecular flexibility index (Phi) is 4.93. The Labute approximate surface area is 102 Å². The molecule has 5 nitrogen and oxygen atoms in total. The monoisotopic (exact) mass is 243 g/mol. The van der Waals surface area contributed by atoms with Crippen molar-refractivity contribution in [2.45, 2.75) is 33.3 Å². The lowest BCUT2D eigenvalue weighted by atomic mass is 9.92. The molecule has 98 valence electrons. The molecule has 2 unspecified atom stereocenters. The molecule has 1 saturated heterocycles. The lowest BCUT2D eigenvalue weighted by Crippen LogP contribution is -2.44. The minimum Gasteiger partial charge on any atom is -0.479 e. The second kappa shape index (κ2) is 6.00. The summed E-state index contributed by atoms with van der Waals surface area (Å²) >= 11 is 0. The summed E-state index contributed by atoms with van der Waals surface area (Å²) in [6, 6.07) is 0. The number of carboxylic acid groups (broad SMARTS) is 1. The highest BCUT2D eigenvalue weighted by atomic mass is 16.5. The molecule has 1 aliphatic rings. The van der Waals surface area contributed by atoms with Crippen molar-refractivity contribution in [3.8, 4) is 0 Å². The summed E-state index contributed by atoms with van der Waals surface area (Å²) in [7, 11) is 0. The van der Waals surface area contributed by atoms with Gasteiger partial charge in [0.15, 0.2) is 6.10 Å². The van der Waals surface area contributed by atoms with Crippen LogP contribution >= 0.6 is 0 Å². The molecular weight excluding hydrogens is 222 g/mol. The molecule has 1 N–H and O–H groups in total. The number of likely N-dealkylation sites (tertiary alicyclic amines) is 1. The van der Waals surface area contributed by atoms with Crippen molar-refractivity contribution in [1.82, 2.24) is 4.90 Å². The van der Waals surface area contributed by atoms with E-state index in [1.54, 1.807) is 4.90 Å². The van der Waals surface area contributed by atoms with E-state index in [1.807, 2.05) is 0 Å². The molecule has 0 aromatic heterocycles. The molecule has 1 amide bonds. The highest BCUT2D eigenvalue weighted by Gasteiger charge is 2.26. The van der Waals surface area contributed by atoms with Crippen LogP contribution in [0, 0.1) is 11.8 Å². The summed E-state index contributed by atoms with van der Waals surface area (Å²) in [6.45, 7) is 7.01. The van der Waals surface area contributed by atoms with Crippen LogP contribution in [0.25, 0.3) is 0 Å². The highest BCUT2D eigenvalue weighted by molar-refractivity contribution is 5.78. The zero-order chi connectivity index (χ0) is 13.0. The van der Waals surface area contributed by atoms with Crippen molar-refractivity contribution in [3.05, 3.63) is 0 Å². The fraction of sp³-hybridized carbons (Fsp3) is 0.833. The third-order valence-corrected chi connectivity index (χ3v) is 3.03. The van der Waals surface area contributed by atoms with E-state index in [4.69, 9.17) is 9.84 Å². The molecule has 0 radical (unpaired) electrons. The third-order valence-electron chi connectivity index (χ3n) is 3.03. The number of amides is 1. The number of hydrogen-bond acceptors (Lipinski definition) is 3. The topological polar surface area (TPSA) is 66.8 Å². The number of carbonyl (C=O) groups is 2. The standard InChI is InChI=1S/C12H21NO4/c1-8-4-9(2)6-13(5-8)11(14)7-17-10(3)12(15)16/h8-10H,4-7H2,1-3H3,(H,15,16)/t8?,9?,10-/m1/s1. The van der Waals surface area contributed by atoms with Gasteiger partial charge < -0.3 is 14.7 Å². The van der Waals surface area contributed by atoms with E-state index in [-0.39, 0.29) is 12.5 Å². The van der Waals surface area contributed by atoms with Crippen LogP contribution in [0.1, 0.15) is 27.2 Å². The highest BCUT2D eigenvalue weighted by Crippen LogP contribution is 2.20. The van der Waals surface area contributed by atoms with Crippen molar-refractivity contribution in [2.75, 3.05) is 19.7 Å². The molecule has 1 aliphatic heterocycles. The van der Waals surface area contributed by atoms with Gasteiger partial charge in [0.25, 0.3) is 0 Å². The summed E-state index contributed by atoms with van der Waals surface area (Å²) in [4.78, 5) is 24.1. The predicted molar refractivity (Wildman–Crippen MR) is 62.6 cm³/mol. The molecular formula is C12H21NO4. The lowest BCUT2D eigenvalue weighted by Gasteiger charge is -2.35. The zero-order valence-corrected chi connectivity index (χ0v) is 10.7. The summed E-state index contributed by atoms with van der Waals surface area (Å²) in [5, 5.41) is 8.64. The van der Waals surface area contributed by atoms with Crippen LogP contribution in [0.5, 0.6) is 0 Å². The van der Waals surface area contributed by atoms with Crippen LogP contribution in [0.15, 0.2) is 0 Å². The third kappa shape index (κ3) is 4.34. The Balaban J connectivity index is 2.39. The van der Waals surface area contributed by atoms with Gasteiger partial charge in [-0.15, -0.1) is 0 Å². The Bertz CT molecular complexity index is 282. The van der Waals surface area contributed by atoms with Gasteiger partial charge in [-0.05, 0) is 25.2 Å². The predicted octanol–water partition coefficient (Wildman–Crippen LogP) is 0.981. The number of carboxylic acids is 1. The lowest BCUT2D eigenvalue weighted by molar-refractivity contribution is -0.153. The van der Waals surface area contributed by atoms with Gasteiger partial charge in [0.05, 0.1) is 0 Å². The molecule has 0 aromatic rings. The van der Waals surface area contributed by atoms with Crippen LogP contribution in [-0.4, -0.2) is 47.7 Å². The van der Waals surface area contributed by atoms with Crippen molar-refractivity contribution in [2.24, 2.45) is 11.8 Å². The van der Waals surface area contributed by atoms with Crippen molar-refractivity contribution in [3.63, 3.8) is 0 Å². The maximum absolute atomic E-state index is 11.8. The average molecular weight is 243 g/mol. The maximum Gasteiger partial charge on any atom is 0.332 e. The minimum absolute atomic E-state index is 0.114. The van der Waals surface area contributed by atoms with E-state index in [0.717, 1.165) is 19.5 Å². The minimum atomic E-state index is -1.04. The molecule has 1 heterocycles. The van der Waals surface area contributed by atoms with Crippen LogP contribution < -0.4 is 0 Å². The van der Waals surface area contributed by atoms with Crippen molar-refractivity contribution >= 4 is 11.9 Å². The molecule has 0 bridgehead atoms. The van der Waals surface area contributed by atoms with Gasteiger partial charge in [-0.3, -0.25) is 4.79 Å². The van der Waals surface area contributed by atoms with Gasteiger partial charge >= 0.3 is 5.97 Å². The van der Waals surface area contributed by atoms with Crippen molar-refractivity contribution < 1.29 is 19.4 Å². The number of piperidine rings is 1. The average Bonchev–Trinajstić information content (AvgIpc) is 2.23. The van der Waals surface area contributed by atoms with Crippen molar-refractivity contribution in [1.29, 1.82) is 0 Å². The summed E-state index contributed by atoms with van der Waals surface area (Å²) in [6.07, 6.45) is 0.203. The van der Waals surface area contributed by atoms with E-state index >= 15 is 0 Å². The number of rotatable bonds is 4. The quantitative estimate of drug-likeness (QED) is 0.799. The molecule has 0 aromatic carbocycles. The first-order valence-corrected chi connectivity index (χ1v) is 6.02. The summed E-state index contributed by atoms with van der Waals surface area (Å²) < 4.78 is 5.00. The maximum atomic E-state index is 11.8. The molecule has 5 heteroatoms. The number of nitrogens with zero attached hydrogens (tertiary/aromatic N) is 1. The van der Waals surface area contributed by atoms with Crippen LogP contribution in [0.4, 0.5) is 0 Å². The SMILES string of the molecule is CC1CC(C)CN(C(=O)CO[C@H](C)C(=O)O)C1. The largest absolute Gasteiger partial charge is 0.479 e. The first-order chi connectivity index (χ1) is 7.90. The first kappa shape index (κ1) is 14.0. The second-order valence-corrected chi connectivity index (χ2v) is 5.04. The molecule has 3 atom stereocenters. The van der Waals surface area contributed by atoms with E-state index in [2.05, 4.69) is 13.8 Å². The van der Waals surface area contributed by atoms with E-state index < -0.39 is 12.1 Å². The fourth-order valence-corrected chi connectivity index (χ4v) is 2.23. The van der Waals surface area contributed by atoms with Gasteiger partial charge in [-0.25, -0.2) is 4.79 Å². The Morgan fingerprint density at radius 1 is 1.35 bits per heavy atom. The summed E-state index contributed by atoms with van der Waals surface area (Å²) in [5.74, 6) is -0.158. The van der Waals surface area contributed by atoms with Crippen LogP contribution in [0.3, 0.4) is 0 Å². The number of carbonyl (C=O) groups excluding carboxylic acids is 1. The van der Waals surface area contributed by atoms with Crippen LogP contribution in [0.2, 0.25) is 0 Å². The number of ether oxygens (including phenoxy) is 1. The van der Waals surface area contributed by atoms with E-state index in [1.165, 1.54) is 6.92 Å². The molecule has 17 heavy (non-hydrogen) atoms. The Hall–Kier alpha value is -1.10. The Morgan fingerprint density at radius 2 is 1.88 bits per heavy atom. The molecule has 1 fully saturated rings. The molecule has 0 aliphatic carbocycles. The van der Waals surface area contributed by atoms with Gasteiger partial charge in [0, 0.05) is 13.1 Å². The van der Waals surface area contributed by atoms with Gasteiger partial charge in [0.1, 0.15) is 6.61 Å². The molecule has 1 rings (SSSR count). The zero-order valence-electron chi connectivity index (χ0n) is 10.7. The second-order valence-electron chi connectivity index (χ2n) is 5.04.